The molecular weight excluding hydrogens is 889 g/mol. The maximum absolute atomic E-state index is 12.9. The molecule has 0 aromatic rings. The van der Waals surface area contributed by atoms with Gasteiger partial charge in [0, 0.05) is 19.3 Å². The van der Waals surface area contributed by atoms with Crippen LogP contribution in [0.1, 0.15) is 361 Å². The summed E-state index contributed by atoms with van der Waals surface area (Å²) in [5.74, 6) is -0.858. The molecule has 0 amide bonds. The van der Waals surface area contributed by atoms with Crippen LogP contribution in [-0.2, 0) is 28.6 Å². The average Bonchev–Trinajstić information content (AvgIpc) is 3.38. The van der Waals surface area contributed by atoms with Crippen molar-refractivity contribution in [3.8, 4) is 0 Å². The first-order valence-electron chi connectivity index (χ1n) is 32.3. The van der Waals surface area contributed by atoms with Crippen LogP contribution < -0.4 is 0 Å². The molecule has 0 radical (unpaired) electrons. The van der Waals surface area contributed by atoms with Gasteiger partial charge in [0.1, 0.15) is 13.2 Å². The van der Waals surface area contributed by atoms with Gasteiger partial charge in [-0.2, -0.15) is 0 Å². The first kappa shape index (κ1) is 69.9. The highest BCUT2D eigenvalue weighted by Crippen LogP contribution is 2.18. The lowest BCUT2D eigenvalue weighted by atomic mass is 10.0. The first-order chi connectivity index (χ1) is 35.5. The third-order valence-corrected chi connectivity index (χ3v) is 14.7. The van der Waals surface area contributed by atoms with Gasteiger partial charge in [-0.15, -0.1) is 0 Å². The molecule has 0 aromatic carbocycles. The van der Waals surface area contributed by atoms with Crippen molar-refractivity contribution in [2.24, 2.45) is 0 Å². The van der Waals surface area contributed by atoms with Crippen LogP contribution in [0.3, 0.4) is 0 Å². The Kier molecular flexibility index (Phi) is 59.6. The molecule has 6 nitrogen and oxygen atoms in total. The van der Waals surface area contributed by atoms with Crippen molar-refractivity contribution in [3.63, 3.8) is 0 Å². The predicted octanol–water partition coefficient (Wildman–Crippen LogP) is 21.8. The Hall–Kier alpha value is -2.11. The van der Waals surface area contributed by atoms with Gasteiger partial charge in [0.25, 0.3) is 0 Å². The molecule has 0 aromatic heterocycles. The summed E-state index contributed by atoms with van der Waals surface area (Å²) in [5, 5.41) is 0. The molecule has 0 rings (SSSR count). The average molecular weight is 1010 g/mol. The Morgan fingerprint density at radius 1 is 0.264 bits per heavy atom. The zero-order chi connectivity index (χ0) is 52.2. The van der Waals surface area contributed by atoms with Gasteiger partial charge in [0.2, 0.25) is 0 Å². The van der Waals surface area contributed by atoms with Crippen molar-refractivity contribution in [2.45, 2.75) is 367 Å². The van der Waals surface area contributed by atoms with E-state index in [1.807, 2.05) is 0 Å². The van der Waals surface area contributed by atoms with Crippen molar-refractivity contribution in [1.29, 1.82) is 0 Å². The quantitative estimate of drug-likeness (QED) is 0.0261. The van der Waals surface area contributed by atoms with Crippen LogP contribution in [0.15, 0.2) is 24.3 Å². The SMILES string of the molecule is CCCCCCCC/C=C\CCCCCCCCCC(=O)OC(COC(=O)CCCCCCC/C=C\CCCCCCCC)COC(=O)CCCCCCCCCCCCCCCCCCCCCCCC. The largest absolute Gasteiger partial charge is 0.462 e. The van der Waals surface area contributed by atoms with Gasteiger partial charge in [-0.05, 0) is 70.6 Å². The summed E-state index contributed by atoms with van der Waals surface area (Å²) < 4.78 is 16.9. The van der Waals surface area contributed by atoms with E-state index >= 15 is 0 Å². The second kappa shape index (κ2) is 61.4. The lowest BCUT2D eigenvalue weighted by molar-refractivity contribution is -0.167. The van der Waals surface area contributed by atoms with Crippen LogP contribution in [0.5, 0.6) is 0 Å². The van der Waals surface area contributed by atoms with E-state index in [1.165, 1.54) is 257 Å². The smallest absolute Gasteiger partial charge is 0.306 e. The highest BCUT2D eigenvalue weighted by atomic mass is 16.6. The molecule has 0 bridgehead atoms. The van der Waals surface area contributed by atoms with Crippen molar-refractivity contribution in [1.82, 2.24) is 0 Å². The molecule has 0 spiro atoms. The predicted molar refractivity (Wildman–Crippen MR) is 312 cm³/mol. The van der Waals surface area contributed by atoms with Crippen LogP contribution in [-0.4, -0.2) is 37.2 Å². The third-order valence-electron chi connectivity index (χ3n) is 14.7. The summed E-state index contributed by atoms with van der Waals surface area (Å²) in [6, 6.07) is 0. The molecule has 72 heavy (non-hydrogen) atoms. The molecule has 0 saturated heterocycles. The Bertz CT molecular complexity index is 1160. The van der Waals surface area contributed by atoms with Gasteiger partial charge < -0.3 is 14.2 Å². The van der Waals surface area contributed by atoms with Gasteiger partial charge in [-0.1, -0.05) is 295 Å². The number of ether oxygens (including phenoxy) is 3. The van der Waals surface area contributed by atoms with Gasteiger partial charge in [-0.3, -0.25) is 14.4 Å². The fourth-order valence-electron chi connectivity index (χ4n) is 9.79. The molecule has 0 aliphatic carbocycles. The highest BCUT2D eigenvalue weighted by Gasteiger charge is 2.19. The molecular formula is C66H124O6. The zero-order valence-electron chi connectivity index (χ0n) is 48.7. The van der Waals surface area contributed by atoms with Gasteiger partial charge in [-0.25, -0.2) is 0 Å². The van der Waals surface area contributed by atoms with Crippen LogP contribution in [0.2, 0.25) is 0 Å². The van der Waals surface area contributed by atoms with Crippen LogP contribution in [0, 0.1) is 0 Å². The maximum atomic E-state index is 12.9. The fourth-order valence-corrected chi connectivity index (χ4v) is 9.79. The topological polar surface area (TPSA) is 78.9 Å². The zero-order valence-corrected chi connectivity index (χ0v) is 48.7. The molecule has 6 heteroatoms. The third kappa shape index (κ3) is 58.8. The van der Waals surface area contributed by atoms with Gasteiger partial charge in [0.15, 0.2) is 6.10 Å². The molecule has 0 N–H and O–H groups in total. The normalized spacial score (nSPS) is 12.1. The van der Waals surface area contributed by atoms with Crippen molar-refractivity contribution < 1.29 is 28.6 Å². The second-order valence-electron chi connectivity index (χ2n) is 22.0. The number of allylic oxidation sites excluding steroid dienone is 4. The Morgan fingerprint density at radius 2 is 0.458 bits per heavy atom. The second-order valence-corrected chi connectivity index (χ2v) is 22.0. The van der Waals surface area contributed by atoms with E-state index in [-0.39, 0.29) is 31.1 Å². The monoisotopic (exact) mass is 1010 g/mol. The molecule has 0 saturated carbocycles. The van der Waals surface area contributed by atoms with E-state index in [2.05, 4.69) is 45.1 Å². The molecule has 0 aliphatic rings. The number of unbranched alkanes of at least 4 members (excludes halogenated alkanes) is 45. The van der Waals surface area contributed by atoms with Crippen molar-refractivity contribution in [3.05, 3.63) is 24.3 Å². The van der Waals surface area contributed by atoms with E-state index in [4.69, 9.17) is 14.2 Å². The van der Waals surface area contributed by atoms with E-state index < -0.39 is 6.10 Å². The molecule has 0 aliphatic heterocycles. The molecule has 1 unspecified atom stereocenters. The van der Waals surface area contributed by atoms with Crippen LogP contribution in [0.4, 0.5) is 0 Å². The lowest BCUT2D eigenvalue weighted by Gasteiger charge is -2.18. The highest BCUT2D eigenvalue weighted by molar-refractivity contribution is 5.71. The van der Waals surface area contributed by atoms with E-state index in [0.717, 1.165) is 64.2 Å². The summed E-state index contributed by atoms with van der Waals surface area (Å²) in [4.78, 5) is 38.3. The number of rotatable bonds is 60. The minimum Gasteiger partial charge on any atom is -0.462 e. The Balaban J connectivity index is 4.29. The van der Waals surface area contributed by atoms with Crippen LogP contribution in [0.25, 0.3) is 0 Å². The van der Waals surface area contributed by atoms with Gasteiger partial charge >= 0.3 is 17.9 Å². The number of carbonyl (C=O) groups is 3. The summed E-state index contributed by atoms with van der Waals surface area (Å²) in [7, 11) is 0. The number of hydrogen-bond acceptors (Lipinski definition) is 6. The van der Waals surface area contributed by atoms with Crippen molar-refractivity contribution >= 4 is 17.9 Å². The van der Waals surface area contributed by atoms with Gasteiger partial charge in [0.05, 0.1) is 0 Å². The number of hydrogen-bond donors (Lipinski definition) is 0. The summed E-state index contributed by atoms with van der Waals surface area (Å²) in [5.41, 5.74) is 0. The van der Waals surface area contributed by atoms with E-state index in [1.54, 1.807) is 0 Å². The van der Waals surface area contributed by atoms with E-state index in [9.17, 15) is 14.4 Å². The molecule has 424 valence electrons. The number of esters is 3. The minimum atomic E-state index is -0.774. The van der Waals surface area contributed by atoms with Crippen LogP contribution >= 0.6 is 0 Å². The number of carbonyl (C=O) groups excluding carboxylic acids is 3. The Labute approximate surface area is 449 Å². The van der Waals surface area contributed by atoms with E-state index in [0.29, 0.717) is 19.3 Å². The molecule has 1 atom stereocenters. The molecule has 0 fully saturated rings. The fraction of sp³-hybridized carbons (Fsp3) is 0.894. The lowest BCUT2D eigenvalue weighted by Crippen LogP contribution is -2.30. The van der Waals surface area contributed by atoms with Crippen molar-refractivity contribution in [2.75, 3.05) is 13.2 Å². The maximum Gasteiger partial charge on any atom is 0.306 e. The standard InChI is InChI=1S/C66H124O6/c1-4-7-10-13-16-19-22-25-28-30-31-32-33-34-36-38-41-44-47-50-53-56-59-65(68)71-62-63(61-70-64(67)58-55-52-49-46-43-40-37-27-24-21-18-15-12-9-6-3)72-66(69)60-57-54-51-48-45-42-39-35-29-26-23-20-17-14-11-8-5-2/h26-27,29,37,63H,4-25,28,30-36,38-62H2,1-3H3/b29-26-,37-27-. The minimum absolute atomic E-state index is 0.0706. The molecule has 0 heterocycles. The summed E-state index contributed by atoms with van der Waals surface area (Å²) >= 11 is 0. The first-order valence-corrected chi connectivity index (χ1v) is 32.3. The summed E-state index contributed by atoms with van der Waals surface area (Å²) in [6.45, 7) is 6.69. The Morgan fingerprint density at radius 3 is 0.694 bits per heavy atom. The summed E-state index contributed by atoms with van der Waals surface area (Å²) in [6.07, 6.45) is 73.3.